The van der Waals surface area contributed by atoms with Crippen molar-refractivity contribution in [3.8, 4) is 0 Å². The Kier molecular flexibility index (Phi) is 5.82. The van der Waals surface area contributed by atoms with Gasteiger partial charge in [-0.3, -0.25) is 0 Å². The van der Waals surface area contributed by atoms with Crippen LogP contribution in [0.1, 0.15) is 38.4 Å². The van der Waals surface area contributed by atoms with Crippen LogP contribution >= 0.6 is 27.3 Å². The summed E-state index contributed by atoms with van der Waals surface area (Å²) in [5.74, 6) is 0. The van der Waals surface area contributed by atoms with E-state index in [9.17, 15) is 5.11 Å². The Hall–Kier alpha value is 0.100. The lowest BCUT2D eigenvalue weighted by Crippen LogP contribution is -2.22. The molecule has 2 nitrogen and oxygen atoms in total. The van der Waals surface area contributed by atoms with Crippen LogP contribution in [0.5, 0.6) is 0 Å². The second-order valence-electron chi connectivity index (χ2n) is 3.40. The number of ether oxygens (including phenoxy) is 1. The van der Waals surface area contributed by atoms with Crippen molar-refractivity contribution in [3.63, 3.8) is 0 Å². The summed E-state index contributed by atoms with van der Waals surface area (Å²) in [5, 5.41) is 14.1. The van der Waals surface area contributed by atoms with Crippen molar-refractivity contribution in [1.82, 2.24) is 0 Å². The topological polar surface area (TPSA) is 29.5 Å². The van der Waals surface area contributed by atoms with Gasteiger partial charge in [-0.2, -0.15) is 11.3 Å². The number of hydrogen-bond donors (Lipinski definition) is 1. The van der Waals surface area contributed by atoms with Gasteiger partial charge in [-0.05, 0) is 34.7 Å². The highest BCUT2D eigenvalue weighted by atomic mass is 79.9. The van der Waals surface area contributed by atoms with Crippen molar-refractivity contribution in [2.45, 2.75) is 38.9 Å². The van der Waals surface area contributed by atoms with Gasteiger partial charge < -0.3 is 9.84 Å². The average Bonchev–Trinajstić information content (AvgIpc) is 2.63. The summed E-state index contributed by atoms with van der Waals surface area (Å²) in [6.45, 7) is 4.70. The van der Waals surface area contributed by atoms with Gasteiger partial charge in [-0.25, -0.2) is 0 Å². The van der Waals surface area contributed by atoms with E-state index in [1.807, 2.05) is 17.7 Å². The molecule has 0 saturated carbocycles. The molecule has 0 aliphatic rings. The highest BCUT2D eigenvalue weighted by Crippen LogP contribution is 2.31. The Morgan fingerprint density at radius 2 is 2.20 bits per heavy atom. The highest BCUT2D eigenvalue weighted by molar-refractivity contribution is 9.10. The lowest BCUT2D eigenvalue weighted by atomic mass is 10.0. The molecular weight excluding hydrogens is 276 g/mol. The van der Waals surface area contributed by atoms with Crippen LogP contribution in [0.2, 0.25) is 0 Å². The normalized spacial score (nSPS) is 15.2. The largest absolute Gasteiger partial charge is 0.386 e. The van der Waals surface area contributed by atoms with Gasteiger partial charge in [0.1, 0.15) is 6.10 Å². The fraction of sp³-hybridized carbons (Fsp3) is 0.636. The Morgan fingerprint density at radius 3 is 2.67 bits per heavy atom. The molecule has 0 radical (unpaired) electrons. The fourth-order valence-electron chi connectivity index (χ4n) is 1.53. The molecule has 0 aliphatic heterocycles. The molecule has 0 bridgehead atoms. The zero-order valence-corrected chi connectivity index (χ0v) is 11.5. The Labute approximate surface area is 103 Å². The summed E-state index contributed by atoms with van der Waals surface area (Å²) >= 11 is 5.02. The maximum atomic E-state index is 10.2. The number of aliphatic hydroxyl groups excluding tert-OH is 1. The number of rotatable bonds is 6. The molecule has 0 amide bonds. The van der Waals surface area contributed by atoms with Crippen molar-refractivity contribution in [2.24, 2.45) is 0 Å². The van der Waals surface area contributed by atoms with Gasteiger partial charge in [-0.1, -0.05) is 13.3 Å². The summed E-state index contributed by atoms with van der Waals surface area (Å²) < 4.78 is 6.53. The molecule has 0 aliphatic carbocycles. The SMILES string of the molecule is CCCC(OCC)C(O)c1cscc1Br. The van der Waals surface area contributed by atoms with Crippen LogP contribution in [0, 0.1) is 0 Å². The van der Waals surface area contributed by atoms with E-state index in [1.54, 1.807) is 11.3 Å². The molecule has 1 heterocycles. The van der Waals surface area contributed by atoms with Gasteiger partial charge in [0.2, 0.25) is 0 Å². The smallest absolute Gasteiger partial charge is 0.107 e. The van der Waals surface area contributed by atoms with Crippen LogP contribution < -0.4 is 0 Å². The zero-order valence-electron chi connectivity index (χ0n) is 9.07. The minimum Gasteiger partial charge on any atom is -0.386 e. The molecule has 1 rings (SSSR count). The minimum atomic E-state index is -0.523. The van der Waals surface area contributed by atoms with Crippen molar-refractivity contribution < 1.29 is 9.84 Å². The second kappa shape index (κ2) is 6.63. The Bertz CT molecular complexity index is 282. The summed E-state index contributed by atoms with van der Waals surface area (Å²) in [4.78, 5) is 0. The van der Waals surface area contributed by atoms with Crippen LogP contribution in [0.3, 0.4) is 0 Å². The van der Waals surface area contributed by atoms with Crippen molar-refractivity contribution >= 4 is 27.3 Å². The van der Waals surface area contributed by atoms with Crippen LogP contribution in [0.15, 0.2) is 15.2 Å². The molecule has 1 aromatic heterocycles. The Balaban J connectivity index is 2.71. The molecule has 15 heavy (non-hydrogen) atoms. The van der Waals surface area contributed by atoms with Gasteiger partial charge in [0.05, 0.1) is 6.10 Å². The molecule has 0 spiro atoms. The van der Waals surface area contributed by atoms with Gasteiger partial charge in [0, 0.05) is 22.0 Å². The molecule has 1 aromatic rings. The van der Waals surface area contributed by atoms with Gasteiger partial charge in [0.25, 0.3) is 0 Å². The van der Waals surface area contributed by atoms with E-state index in [1.165, 1.54) is 0 Å². The maximum absolute atomic E-state index is 10.2. The molecule has 86 valence electrons. The first-order valence-electron chi connectivity index (χ1n) is 5.21. The standard InChI is InChI=1S/C11H17BrO2S/c1-3-5-10(14-4-2)11(13)8-6-15-7-9(8)12/h6-7,10-11,13H,3-5H2,1-2H3. The first-order valence-corrected chi connectivity index (χ1v) is 6.95. The number of thiophene rings is 1. The molecule has 0 aromatic carbocycles. The highest BCUT2D eigenvalue weighted by Gasteiger charge is 2.22. The van der Waals surface area contributed by atoms with Gasteiger partial charge >= 0.3 is 0 Å². The third-order valence-electron chi connectivity index (χ3n) is 2.27. The van der Waals surface area contributed by atoms with Gasteiger partial charge in [0.15, 0.2) is 0 Å². The van der Waals surface area contributed by atoms with Crippen LogP contribution in [-0.2, 0) is 4.74 Å². The summed E-state index contributed by atoms with van der Waals surface area (Å²) in [7, 11) is 0. The monoisotopic (exact) mass is 292 g/mol. The third-order valence-corrected chi connectivity index (χ3v) is 4.02. The van der Waals surface area contributed by atoms with E-state index >= 15 is 0 Å². The van der Waals surface area contributed by atoms with Gasteiger partial charge in [-0.15, -0.1) is 0 Å². The quantitative estimate of drug-likeness (QED) is 0.865. The number of hydrogen-bond acceptors (Lipinski definition) is 3. The van der Waals surface area contributed by atoms with E-state index in [0.717, 1.165) is 22.9 Å². The predicted molar refractivity (Wildman–Crippen MR) is 67.3 cm³/mol. The van der Waals surface area contributed by atoms with E-state index in [0.29, 0.717) is 6.61 Å². The van der Waals surface area contributed by atoms with E-state index in [4.69, 9.17) is 4.74 Å². The summed E-state index contributed by atoms with van der Waals surface area (Å²) in [6.07, 6.45) is 1.29. The lowest BCUT2D eigenvalue weighted by molar-refractivity contribution is -0.0385. The van der Waals surface area contributed by atoms with Crippen LogP contribution in [0.25, 0.3) is 0 Å². The van der Waals surface area contributed by atoms with Crippen molar-refractivity contribution in [3.05, 3.63) is 20.8 Å². The van der Waals surface area contributed by atoms with Crippen molar-refractivity contribution in [1.29, 1.82) is 0 Å². The zero-order chi connectivity index (χ0) is 11.3. The molecule has 2 unspecified atom stereocenters. The van der Waals surface area contributed by atoms with Crippen LogP contribution in [0.4, 0.5) is 0 Å². The molecule has 1 N–H and O–H groups in total. The first-order chi connectivity index (χ1) is 7.20. The average molecular weight is 293 g/mol. The van der Waals surface area contributed by atoms with E-state index < -0.39 is 6.10 Å². The first kappa shape index (κ1) is 13.2. The fourth-order valence-corrected chi connectivity index (χ4v) is 3.09. The predicted octanol–water partition coefficient (Wildman–Crippen LogP) is 3.75. The molecule has 0 saturated heterocycles. The summed E-state index contributed by atoms with van der Waals surface area (Å²) in [6, 6.07) is 0. The minimum absolute atomic E-state index is 0.0918. The number of aliphatic hydroxyl groups is 1. The molecule has 0 fully saturated rings. The molecule has 2 atom stereocenters. The molecular formula is C11H17BrO2S. The lowest BCUT2D eigenvalue weighted by Gasteiger charge is -2.22. The molecule has 4 heteroatoms. The second-order valence-corrected chi connectivity index (χ2v) is 5.00. The van der Waals surface area contributed by atoms with E-state index in [2.05, 4.69) is 22.9 Å². The van der Waals surface area contributed by atoms with Crippen molar-refractivity contribution in [2.75, 3.05) is 6.61 Å². The van der Waals surface area contributed by atoms with E-state index in [-0.39, 0.29) is 6.10 Å². The number of halogens is 1. The summed E-state index contributed by atoms with van der Waals surface area (Å²) in [5.41, 5.74) is 0.937. The Morgan fingerprint density at radius 1 is 1.47 bits per heavy atom. The maximum Gasteiger partial charge on any atom is 0.107 e. The van der Waals surface area contributed by atoms with Crippen LogP contribution in [-0.4, -0.2) is 17.8 Å². The third kappa shape index (κ3) is 3.55.